The Kier molecular flexibility index (Phi) is 4.37. The maximum absolute atomic E-state index is 5.81. The van der Waals surface area contributed by atoms with Crippen molar-refractivity contribution in [2.24, 2.45) is 5.92 Å². The highest BCUT2D eigenvalue weighted by atomic mass is 16.5. The van der Waals surface area contributed by atoms with Gasteiger partial charge in [0.15, 0.2) is 5.82 Å². The van der Waals surface area contributed by atoms with Crippen LogP contribution in [-0.4, -0.2) is 49.1 Å². The average Bonchev–Trinajstić information content (AvgIpc) is 3.21. The van der Waals surface area contributed by atoms with Crippen LogP contribution in [0.2, 0.25) is 0 Å². The number of fused-ring (bicyclic) bond motifs is 1. The van der Waals surface area contributed by atoms with E-state index in [1.807, 2.05) is 6.92 Å². The summed E-state index contributed by atoms with van der Waals surface area (Å²) in [6, 6.07) is 2.54. The molecular weight excluding hydrogens is 304 g/mol. The van der Waals surface area contributed by atoms with Gasteiger partial charge in [-0.3, -0.25) is 10.00 Å². The molecule has 130 valence electrons. The molecule has 1 unspecified atom stereocenters. The molecule has 2 aromatic rings. The van der Waals surface area contributed by atoms with E-state index in [1.165, 1.54) is 12.8 Å². The monoisotopic (exact) mass is 330 g/mol. The first-order chi connectivity index (χ1) is 11.7. The summed E-state index contributed by atoms with van der Waals surface area (Å²) in [6.45, 7) is 8.51. The van der Waals surface area contributed by atoms with Gasteiger partial charge in [0, 0.05) is 44.4 Å². The Bertz CT molecular complexity index is 689. The number of nitrogens with one attached hydrogen (secondary N) is 1. The zero-order valence-corrected chi connectivity index (χ0v) is 14.5. The Labute approximate surface area is 142 Å². The summed E-state index contributed by atoms with van der Waals surface area (Å²) in [6.07, 6.45) is 3.55. The largest absolute Gasteiger partial charge is 0.373 e. The Morgan fingerprint density at radius 3 is 2.92 bits per heavy atom. The van der Waals surface area contributed by atoms with Crippen molar-refractivity contribution in [1.82, 2.24) is 29.9 Å². The number of H-pyrrole nitrogens is 1. The molecule has 0 spiro atoms. The summed E-state index contributed by atoms with van der Waals surface area (Å²) in [7, 11) is 0. The molecule has 1 N–H and O–H groups in total. The predicted molar refractivity (Wildman–Crippen MR) is 89.3 cm³/mol. The van der Waals surface area contributed by atoms with Crippen LogP contribution in [0.1, 0.15) is 42.8 Å². The molecule has 3 heterocycles. The molecule has 7 heteroatoms. The first-order valence-electron chi connectivity index (χ1n) is 8.92. The van der Waals surface area contributed by atoms with Gasteiger partial charge in [0.05, 0.1) is 5.69 Å². The molecule has 4 rings (SSSR count). The number of hydrogen-bond acceptors (Lipinski definition) is 5. The van der Waals surface area contributed by atoms with Crippen LogP contribution in [0.3, 0.4) is 0 Å². The fourth-order valence-corrected chi connectivity index (χ4v) is 3.33. The number of nitrogens with zero attached hydrogens (tertiary/aromatic N) is 5. The minimum absolute atomic E-state index is 0.424. The van der Waals surface area contributed by atoms with Crippen LogP contribution in [0.25, 0.3) is 0 Å². The van der Waals surface area contributed by atoms with Crippen molar-refractivity contribution >= 4 is 0 Å². The van der Waals surface area contributed by atoms with E-state index >= 15 is 0 Å². The molecule has 1 aliphatic heterocycles. The molecule has 0 radical (unpaired) electrons. The van der Waals surface area contributed by atoms with Gasteiger partial charge < -0.3 is 9.30 Å². The van der Waals surface area contributed by atoms with Crippen LogP contribution in [0.5, 0.6) is 0 Å². The SMILES string of the molecule is Cc1cc(CN2CCn3c(COCC4CC4)nnc3CC2C)n[nH]1. The number of hydrogen-bond donors (Lipinski definition) is 1. The molecule has 0 bridgehead atoms. The van der Waals surface area contributed by atoms with Gasteiger partial charge >= 0.3 is 0 Å². The van der Waals surface area contributed by atoms with Crippen LogP contribution in [0, 0.1) is 12.8 Å². The van der Waals surface area contributed by atoms with Crippen LogP contribution < -0.4 is 0 Å². The molecular formula is C17H26N6O. The number of aryl methyl sites for hydroxylation is 1. The lowest BCUT2D eigenvalue weighted by molar-refractivity contribution is 0.103. The van der Waals surface area contributed by atoms with Crippen molar-refractivity contribution in [3.63, 3.8) is 0 Å². The summed E-state index contributed by atoms with van der Waals surface area (Å²) in [4.78, 5) is 2.47. The smallest absolute Gasteiger partial charge is 0.159 e. The minimum atomic E-state index is 0.424. The van der Waals surface area contributed by atoms with E-state index in [1.54, 1.807) is 0 Å². The average molecular weight is 330 g/mol. The summed E-state index contributed by atoms with van der Waals surface area (Å²) in [5.41, 5.74) is 2.21. The van der Waals surface area contributed by atoms with Gasteiger partial charge in [-0.15, -0.1) is 10.2 Å². The van der Waals surface area contributed by atoms with E-state index in [9.17, 15) is 0 Å². The highest BCUT2D eigenvalue weighted by Crippen LogP contribution is 2.29. The lowest BCUT2D eigenvalue weighted by atomic mass is 10.2. The summed E-state index contributed by atoms with van der Waals surface area (Å²) in [5.74, 6) is 2.83. The van der Waals surface area contributed by atoms with E-state index in [4.69, 9.17) is 4.74 Å². The maximum Gasteiger partial charge on any atom is 0.159 e. The highest BCUT2D eigenvalue weighted by Gasteiger charge is 2.25. The Hall–Kier alpha value is -1.73. The Morgan fingerprint density at radius 1 is 1.29 bits per heavy atom. The fourth-order valence-electron chi connectivity index (χ4n) is 3.33. The molecule has 1 atom stereocenters. The van der Waals surface area contributed by atoms with Gasteiger partial charge in [-0.25, -0.2) is 0 Å². The molecule has 1 aliphatic carbocycles. The van der Waals surface area contributed by atoms with Crippen molar-refractivity contribution in [1.29, 1.82) is 0 Å². The molecule has 1 fully saturated rings. The fraction of sp³-hybridized carbons (Fsp3) is 0.706. The first-order valence-corrected chi connectivity index (χ1v) is 8.92. The van der Waals surface area contributed by atoms with Crippen LogP contribution in [-0.2, 0) is 30.9 Å². The van der Waals surface area contributed by atoms with Gasteiger partial charge in [-0.05, 0) is 38.7 Å². The van der Waals surface area contributed by atoms with Crippen molar-refractivity contribution in [2.75, 3.05) is 13.2 Å². The van der Waals surface area contributed by atoms with E-state index in [0.29, 0.717) is 12.6 Å². The topological polar surface area (TPSA) is 71.9 Å². The number of aromatic nitrogens is 5. The van der Waals surface area contributed by atoms with E-state index < -0.39 is 0 Å². The van der Waals surface area contributed by atoms with E-state index in [0.717, 1.165) is 61.6 Å². The molecule has 0 amide bonds. The summed E-state index contributed by atoms with van der Waals surface area (Å²) < 4.78 is 8.06. The number of aromatic amines is 1. The van der Waals surface area contributed by atoms with Gasteiger partial charge in [-0.2, -0.15) is 5.10 Å². The second-order valence-corrected chi connectivity index (χ2v) is 7.21. The highest BCUT2D eigenvalue weighted by molar-refractivity contribution is 5.07. The van der Waals surface area contributed by atoms with Crippen molar-refractivity contribution in [2.45, 2.75) is 58.8 Å². The van der Waals surface area contributed by atoms with Crippen molar-refractivity contribution in [3.05, 3.63) is 29.1 Å². The zero-order valence-electron chi connectivity index (χ0n) is 14.5. The lowest BCUT2D eigenvalue weighted by Gasteiger charge is -2.25. The second-order valence-electron chi connectivity index (χ2n) is 7.21. The van der Waals surface area contributed by atoms with Crippen LogP contribution in [0.4, 0.5) is 0 Å². The van der Waals surface area contributed by atoms with Gasteiger partial charge in [0.2, 0.25) is 0 Å². The second kappa shape index (κ2) is 6.64. The molecule has 24 heavy (non-hydrogen) atoms. The quantitative estimate of drug-likeness (QED) is 0.872. The lowest BCUT2D eigenvalue weighted by Crippen LogP contribution is -2.34. The Morgan fingerprint density at radius 2 is 2.17 bits per heavy atom. The number of rotatable bonds is 6. The molecule has 1 saturated carbocycles. The molecule has 2 aliphatic rings. The standard InChI is InChI=1S/C17H26N6O/c1-12-7-15(19-18-12)9-22-5-6-23-16(8-13(22)2)20-21-17(23)11-24-10-14-3-4-14/h7,13-14H,3-6,8-11H2,1-2H3,(H,18,19). The summed E-state index contributed by atoms with van der Waals surface area (Å²) >= 11 is 0. The van der Waals surface area contributed by atoms with Gasteiger partial charge in [0.25, 0.3) is 0 Å². The van der Waals surface area contributed by atoms with Crippen LogP contribution >= 0.6 is 0 Å². The molecule has 0 saturated heterocycles. The number of ether oxygens (including phenoxy) is 1. The maximum atomic E-state index is 5.81. The van der Waals surface area contributed by atoms with E-state index in [-0.39, 0.29) is 0 Å². The first kappa shape index (κ1) is 15.8. The molecule has 7 nitrogen and oxygen atoms in total. The predicted octanol–water partition coefficient (Wildman–Crippen LogP) is 1.68. The van der Waals surface area contributed by atoms with E-state index in [2.05, 4.69) is 42.9 Å². The summed E-state index contributed by atoms with van der Waals surface area (Å²) in [5, 5.41) is 16.2. The normalized spacial score (nSPS) is 21.7. The molecule has 2 aromatic heterocycles. The van der Waals surface area contributed by atoms with Crippen LogP contribution in [0.15, 0.2) is 6.07 Å². The Balaban J connectivity index is 1.40. The van der Waals surface area contributed by atoms with Gasteiger partial charge in [-0.1, -0.05) is 0 Å². The third-order valence-electron chi connectivity index (χ3n) is 5.02. The third-order valence-corrected chi connectivity index (χ3v) is 5.02. The minimum Gasteiger partial charge on any atom is -0.373 e. The zero-order chi connectivity index (χ0) is 16.5. The third kappa shape index (κ3) is 3.52. The van der Waals surface area contributed by atoms with Crippen molar-refractivity contribution < 1.29 is 4.74 Å². The van der Waals surface area contributed by atoms with Crippen molar-refractivity contribution in [3.8, 4) is 0 Å². The van der Waals surface area contributed by atoms with Gasteiger partial charge in [0.1, 0.15) is 12.4 Å². The molecule has 0 aromatic carbocycles.